The van der Waals surface area contributed by atoms with Gasteiger partial charge in [0.15, 0.2) is 16.6 Å². The van der Waals surface area contributed by atoms with Crippen LogP contribution < -0.4 is 14.8 Å². The number of methoxy groups -OCH3 is 2. The number of nitrogens with one attached hydrogen (secondary N) is 1. The number of fused-ring (bicyclic) bond motifs is 1. The molecule has 8 nitrogen and oxygen atoms in total. The molecule has 1 atom stereocenters. The number of aromatic nitrogens is 1. The molecule has 0 aliphatic carbocycles. The van der Waals surface area contributed by atoms with Gasteiger partial charge in [0.2, 0.25) is 15.9 Å². The Bertz CT molecular complexity index is 1200. The molecule has 1 amide bonds. The Kier molecular flexibility index (Phi) is 6.31. The number of halogens is 1. The van der Waals surface area contributed by atoms with Crippen molar-refractivity contribution in [3.8, 4) is 11.5 Å². The first kappa shape index (κ1) is 22.4. The van der Waals surface area contributed by atoms with E-state index in [9.17, 15) is 17.6 Å². The third-order valence-corrected chi connectivity index (χ3v) is 8.14. The van der Waals surface area contributed by atoms with Gasteiger partial charge in [0, 0.05) is 25.2 Å². The Labute approximate surface area is 189 Å². The van der Waals surface area contributed by atoms with Gasteiger partial charge in [0.25, 0.3) is 0 Å². The second-order valence-corrected chi connectivity index (χ2v) is 10.3. The summed E-state index contributed by atoms with van der Waals surface area (Å²) < 4.78 is 51.7. The number of hydrogen-bond donors (Lipinski definition) is 1. The highest BCUT2D eigenvalue weighted by Gasteiger charge is 2.33. The lowest BCUT2D eigenvalue weighted by Crippen LogP contribution is -2.43. The molecule has 170 valence electrons. The second kappa shape index (κ2) is 9.00. The lowest BCUT2D eigenvalue weighted by atomic mass is 9.99. The lowest BCUT2D eigenvalue weighted by Gasteiger charge is -2.31. The van der Waals surface area contributed by atoms with Crippen LogP contribution in [0, 0.1) is 11.7 Å². The van der Waals surface area contributed by atoms with E-state index in [-0.39, 0.29) is 17.3 Å². The van der Waals surface area contributed by atoms with E-state index in [1.54, 1.807) is 19.2 Å². The fourth-order valence-electron chi connectivity index (χ4n) is 3.65. The van der Waals surface area contributed by atoms with Gasteiger partial charge in [-0.05, 0) is 37.1 Å². The Hall–Kier alpha value is -2.76. The van der Waals surface area contributed by atoms with Gasteiger partial charge in [-0.25, -0.2) is 17.8 Å². The number of piperidine rings is 1. The van der Waals surface area contributed by atoms with E-state index in [0.29, 0.717) is 41.5 Å². The largest absolute Gasteiger partial charge is 0.493 e. The fourth-order valence-corrected chi connectivity index (χ4v) is 6.05. The summed E-state index contributed by atoms with van der Waals surface area (Å²) in [6.07, 6.45) is 1.11. The van der Waals surface area contributed by atoms with Gasteiger partial charge >= 0.3 is 0 Å². The van der Waals surface area contributed by atoms with Crippen molar-refractivity contribution in [2.24, 2.45) is 5.92 Å². The number of carbonyl (C=O) groups is 1. The van der Waals surface area contributed by atoms with Crippen LogP contribution in [0.1, 0.15) is 12.8 Å². The van der Waals surface area contributed by atoms with Gasteiger partial charge in [-0.1, -0.05) is 11.3 Å². The minimum atomic E-state index is -3.81. The molecule has 2 heterocycles. The molecule has 1 unspecified atom stereocenters. The molecule has 1 N–H and O–H groups in total. The first-order valence-electron chi connectivity index (χ1n) is 9.91. The van der Waals surface area contributed by atoms with E-state index in [0.717, 1.165) is 16.8 Å². The van der Waals surface area contributed by atoms with Crippen LogP contribution in [0.5, 0.6) is 11.5 Å². The highest BCUT2D eigenvalue weighted by atomic mass is 32.2. The average molecular weight is 480 g/mol. The topological polar surface area (TPSA) is 97.8 Å². The van der Waals surface area contributed by atoms with Gasteiger partial charge in [-0.2, -0.15) is 4.31 Å². The number of benzene rings is 2. The summed E-state index contributed by atoms with van der Waals surface area (Å²) in [4.78, 5) is 17.3. The van der Waals surface area contributed by atoms with Gasteiger partial charge in [0.05, 0.1) is 35.2 Å². The number of ether oxygens (including phenoxy) is 2. The Balaban J connectivity index is 1.49. The minimum Gasteiger partial charge on any atom is -0.493 e. The summed E-state index contributed by atoms with van der Waals surface area (Å²) in [6, 6.07) is 8.21. The molecule has 0 radical (unpaired) electrons. The minimum absolute atomic E-state index is 0.00836. The molecule has 32 heavy (non-hydrogen) atoms. The molecule has 3 aromatic rings. The van der Waals surface area contributed by atoms with E-state index in [1.165, 1.54) is 34.9 Å². The molecule has 1 saturated heterocycles. The lowest BCUT2D eigenvalue weighted by molar-refractivity contribution is -0.120. The molecule has 1 fully saturated rings. The molecule has 0 spiro atoms. The van der Waals surface area contributed by atoms with Crippen molar-refractivity contribution < 1.29 is 27.1 Å². The highest BCUT2D eigenvalue weighted by molar-refractivity contribution is 7.89. The predicted molar refractivity (Wildman–Crippen MR) is 119 cm³/mol. The highest BCUT2D eigenvalue weighted by Crippen LogP contribution is 2.36. The third kappa shape index (κ3) is 4.41. The van der Waals surface area contributed by atoms with Crippen LogP contribution in [-0.2, 0) is 14.8 Å². The number of anilines is 1. The number of sulfonamides is 1. The molecule has 4 rings (SSSR count). The van der Waals surface area contributed by atoms with Crippen LogP contribution in [0.4, 0.5) is 9.52 Å². The summed E-state index contributed by atoms with van der Waals surface area (Å²) in [5, 5.41) is 3.23. The number of amides is 1. The number of rotatable bonds is 6. The zero-order valence-electron chi connectivity index (χ0n) is 17.5. The predicted octanol–water partition coefficient (Wildman–Crippen LogP) is 3.49. The van der Waals surface area contributed by atoms with E-state index in [2.05, 4.69) is 10.3 Å². The van der Waals surface area contributed by atoms with E-state index < -0.39 is 21.8 Å². The van der Waals surface area contributed by atoms with Gasteiger partial charge in [-0.15, -0.1) is 0 Å². The van der Waals surface area contributed by atoms with Crippen molar-refractivity contribution in [1.29, 1.82) is 0 Å². The molecule has 0 saturated carbocycles. The van der Waals surface area contributed by atoms with Crippen molar-refractivity contribution >= 4 is 42.6 Å². The van der Waals surface area contributed by atoms with Gasteiger partial charge in [-0.3, -0.25) is 4.79 Å². The smallest absolute Gasteiger partial charge is 0.243 e. The quantitative estimate of drug-likeness (QED) is 0.581. The number of nitrogens with zero attached hydrogens (tertiary/aromatic N) is 2. The van der Waals surface area contributed by atoms with Crippen LogP contribution in [0.15, 0.2) is 41.3 Å². The second-order valence-electron chi connectivity index (χ2n) is 7.34. The number of thiazole rings is 1. The summed E-state index contributed by atoms with van der Waals surface area (Å²) in [5.74, 6) is -0.212. The van der Waals surface area contributed by atoms with Gasteiger partial charge < -0.3 is 14.8 Å². The summed E-state index contributed by atoms with van der Waals surface area (Å²) in [7, 11) is -0.729. The summed E-state index contributed by atoms with van der Waals surface area (Å²) in [5.41, 5.74) is 0.659. The van der Waals surface area contributed by atoms with E-state index in [4.69, 9.17) is 9.47 Å². The first-order chi connectivity index (χ1) is 15.3. The van der Waals surface area contributed by atoms with Crippen LogP contribution in [-0.4, -0.2) is 50.9 Å². The van der Waals surface area contributed by atoms with Crippen LogP contribution in [0.25, 0.3) is 10.2 Å². The van der Waals surface area contributed by atoms with Crippen molar-refractivity contribution in [1.82, 2.24) is 9.29 Å². The SMILES string of the molecule is COc1cc2nc(NC(=O)C3CCCN(S(=O)(=O)c4ccc(F)cc4)C3)sc2cc1OC. The Morgan fingerprint density at radius 3 is 2.56 bits per heavy atom. The van der Waals surface area contributed by atoms with Crippen LogP contribution in [0.2, 0.25) is 0 Å². The van der Waals surface area contributed by atoms with Crippen molar-refractivity contribution in [2.75, 3.05) is 32.6 Å². The van der Waals surface area contributed by atoms with Gasteiger partial charge in [0.1, 0.15) is 5.82 Å². The molecule has 1 aliphatic rings. The average Bonchev–Trinajstić information content (AvgIpc) is 3.19. The standard InChI is InChI=1S/C21H22FN3O5S2/c1-29-17-10-16-19(11-18(17)30-2)31-21(23-16)24-20(26)13-4-3-9-25(12-13)32(27,28)15-7-5-14(22)6-8-15/h5-8,10-11,13H,3-4,9,12H2,1-2H3,(H,23,24,26). The maximum absolute atomic E-state index is 13.2. The fraction of sp³-hybridized carbons (Fsp3) is 0.333. The molecule has 11 heteroatoms. The molecule has 1 aliphatic heterocycles. The monoisotopic (exact) mass is 479 g/mol. The third-order valence-electron chi connectivity index (χ3n) is 5.33. The Morgan fingerprint density at radius 2 is 1.88 bits per heavy atom. The summed E-state index contributed by atoms with van der Waals surface area (Å²) >= 11 is 1.30. The van der Waals surface area contributed by atoms with Crippen molar-refractivity contribution in [3.05, 3.63) is 42.2 Å². The Morgan fingerprint density at radius 1 is 1.19 bits per heavy atom. The van der Waals surface area contributed by atoms with Crippen molar-refractivity contribution in [2.45, 2.75) is 17.7 Å². The zero-order valence-corrected chi connectivity index (χ0v) is 19.1. The molecular weight excluding hydrogens is 457 g/mol. The van der Waals surface area contributed by atoms with Crippen molar-refractivity contribution in [3.63, 3.8) is 0 Å². The van der Waals surface area contributed by atoms with E-state index in [1.807, 2.05) is 0 Å². The molecule has 0 bridgehead atoms. The number of hydrogen-bond acceptors (Lipinski definition) is 7. The molecule has 2 aromatic carbocycles. The normalized spacial score (nSPS) is 17.3. The maximum atomic E-state index is 13.2. The van der Waals surface area contributed by atoms with E-state index >= 15 is 0 Å². The zero-order chi connectivity index (χ0) is 22.9. The van der Waals surface area contributed by atoms with Crippen LogP contribution in [0.3, 0.4) is 0 Å². The summed E-state index contributed by atoms with van der Waals surface area (Å²) in [6.45, 7) is 0.363. The molecule has 1 aromatic heterocycles. The van der Waals surface area contributed by atoms with Crippen LogP contribution >= 0.6 is 11.3 Å². The maximum Gasteiger partial charge on any atom is 0.243 e. The number of carbonyl (C=O) groups excluding carboxylic acids is 1. The molecular formula is C21H22FN3O5S2. The first-order valence-corrected chi connectivity index (χ1v) is 12.2.